The Morgan fingerprint density at radius 3 is 1.87 bits per heavy atom. The van der Waals surface area contributed by atoms with Crippen molar-refractivity contribution in [2.75, 3.05) is 26.2 Å². The molecule has 0 saturated carbocycles. The monoisotopic (exact) mass is 764 g/mol. The number of para-hydroxylation sites is 2. The predicted octanol–water partition coefficient (Wildman–Crippen LogP) is 9.48. The van der Waals surface area contributed by atoms with Gasteiger partial charge in [0.15, 0.2) is 0 Å². The molecule has 6 aromatic rings. The van der Waals surface area contributed by atoms with Gasteiger partial charge in [-0.05, 0) is 111 Å². The summed E-state index contributed by atoms with van der Waals surface area (Å²) in [6.07, 6.45) is 5.71. The summed E-state index contributed by atoms with van der Waals surface area (Å²) >= 11 is 11.8. The first-order valence-electron chi connectivity index (χ1n) is 18.7. The largest absolute Gasteiger partial charge is 0.487 e. The number of likely N-dealkylation sites (tertiary alicyclic amines) is 2. The minimum atomic E-state index is -0.451. The third-order valence-corrected chi connectivity index (χ3v) is 11.3. The number of carbonyl (C=O) groups is 2. The Morgan fingerprint density at radius 2 is 1.24 bits per heavy atom. The first-order valence-corrected chi connectivity index (χ1v) is 19.5. The van der Waals surface area contributed by atoms with Gasteiger partial charge < -0.3 is 28.4 Å². The van der Waals surface area contributed by atoms with E-state index in [0.717, 1.165) is 53.3 Å². The Hall–Kier alpha value is -4.76. The highest BCUT2D eigenvalue weighted by atomic mass is 35.5. The van der Waals surface area contributed by atoms with E-state index in [4.69, 9.17) is 32.7 Å². The molecule has 0 N–H and O–H groups in total. The van der Waals surface area contributed by atoms with E-state index in [9.17, 15) is 9.59 Å². The van der Waals surface area contributed by atoms with E-state index in [1.807, 2.05) is 72.3 Å². The molecule has 2 aromatic heterocycles. The van der Waals surface area contributed by atoms with E-state index >= 15 is 0 Å². The van der Waals surface area contributed by atoms with Crippen molar-refractivity contribution in [3.8, 4) is 11.5 Å². The number of ketones is 1. The molecule has 280 valence electrons. The standard InChI is InChI=1S/C28H32ClN3O3.C16H14ClNO/c1-30-24-8-4-3-7-23(24)26(25(30)19-35-22-11-9-20(29)10-12-22)27(33)28(34)32-17-13-21(14-18-32)31-15-5-2-6-16-31;1-18-14(10-12-4-2-3-5-16(12)18)11-19-15-8-6-13(17)7-9-15/h3-4,7-12,21H,2,5-6,13-19H2,1H3;2-10H,11H2,1H3. The summed E-state index contributed by atoms with van der Waals surface area (Å²) in [6.45, 7) is 4.31. The van der Waals surface area contributed by atoms with E-state index in [0.29, 0.717) is 47.8 Å². The lowest BCUT2D eigenvalue weighted by molar-refractivity contribution is -0.128. The number of nitrogens with zero attached hydrogens (tertiary/aromatic N) is 4. The Labute approximate surface area is 326 Å². The van der Waals surface area contributed by atoms with Crippen LogP contribution in [0.2, 0.25) is 10.0 Å². The SMILES string of the molecule is Cn1c(COc2ccc(Cl)cc2)c(C(=O)C(=O)N2CCC(N3CCCCC3)CC2)c2ccccc21.Cn1c(COc2ccc(Cl)cc2)cc2ccccc21. The summed E-state index contributed by atoms with van der Waals surface area (Å²) in [7, 11) is 3.97. The lowest BCUT2D eigenvalue weighted by atomic mass is 9.98. The third-order valence-electron chi connectivity index (χ3n) is 10.7. The normalized spacial score (nSPS) is 15.2. The number of hydrogen-bond donors (Lipinski definition) is 0. The average molecular weight is 766 g/mol. The summed E-state index contributed by atoms with van der Waals surface area (Å²) in [6, 6.07) is 33.3. The molecule has 0 spiro atoms. The zero-order valence-electron chi connectivity index (χ0n) is 30.8. The highest BCUT2D eigenvalue weighted by Gasteiger charge is 2.33. The Balaban J connectivity index is 0.000000199. The molecule has 2 aliphatic rings. The smallest absolute Gasteiger partial charge is 0.295 e. The highest BCUT2D eigenvalue weighted by molar-refractivity contribution is 6.45. The number of hydrogen-bond acceptors (Lipinski definition) is 5. The number of aryl methyl sites for hydroxylation is 2. The quantitative estimate of drug-likeness (QED) is 0.108. The van der Waals surface area contributed by atoms with Gasteiger partial charge in [-0.3, -0.25) is 9.59 Å². The zero-order chi connectivity index (χ0) is 37.6. The van der Waals surface area contributed by atoms with Gasteiger partial charge in [-0.15, -0.1) is 0 Å². The summed E-state index contributed by atoms with van der Waals surface area (Å²) in [5, 5.41) is 3.37. The van der Waals surface area contributed by atoms with E-state index in [2.05, 4.69) is 34.7 Å². The van der Waals surface area contributed by atoms with Crippen LogP contribution >= 0.6 is 23.2 Å². The molecule has 10 heteroatoms. The molecule has 4 heterocycles. The molecular formula is C44H46Cl2N4O4. The molecule has 54 heavy (non-hydrogen) atoms. The Bertz CT molecular complexity index is 2210. The van der Waals surface area contributed by atoms with Gasteiger partial charge in [-0.25, -0.2) is 0 Å². The Morgan fingerprint density at radius 1 is 0.667 bits per heavy atom. The van der Waals surface area contributed by atoms with Gasteiger partial charge in [0.2, 0.25) is 0 Å². The number of benzene rings is 4. The zero-order valence-corrected chi connectivity index (χ0v) is 32.4. The van der Waals surface area contributed by atoms with Crippen molar-refractivity contribution in [3.05, 3.63) is 130 Å². The van der Waals surface area contributed by atoms with Gasteiger partial charge >= 0.3 is 0 Å². The molecule has 4 aromatic carbocycles. The minimum absolute atomic E-state index is 0.179. The number of ether oxygens (including phenoxy) is 2. The number of Topliss-reactive ketones (excluding diaryl/α,β-unsaturated/α-hetero) is 1. The number of halogens is 2. The van der Waals surface area contributed by atoms with Crippen molar-refractivity contribution >= 4 is 56.7 Å². The number of rotatable bonds is 9. The van der Waals surface area contributed by atoms with Crippen LogP contribution in [-0.4, -0.2) is 62.8 Å². The molecule has 2 saturated heterocycles. The summed E-state index contributed by atoms with van der Waals surface area (Å²) in [5.41, 5.74) is 4.42. The van der Waals surface area contributed by atoms with Crippen LogP contribution in [0.5, 0.6) is 11.5 Å². The molecule has 0 unspecified atom stereocenters. The van der Waals surface area contributed by atoms with E-state index < -0.39 is 11.7 Å². The lowest BCUT2D eigenvalue weighted by Crippen LogP contribution is -2.49. The summed E-state index contributed by atoms with van der Waals surface area (Å²) in [4.78, 5) is 31.4. The van der Waals surface area contributed by atoms with Crippen molar-refractivity contribution < 1.29 is 19.1 Å². The van der Waals surface area contributed by atoms with Crippen LogP contribution in [0.25, 0.3) is 21.8 Å². The molecule has 0 radical (unpaired) electrons. The lowest BCUT2D eigenvalue weighted by Gasteiger charge is -2.40. The maximum atomic E-state index is 13.6. The third kappa shape index (κ3) is 8.46. The fourth-order valence-electron chi connectivity index (χ4n) is 7.69. The second kappa shape index (κ2) is 17.1. The number of amides is 1. The van der Waals surface area contributed by atoms with Crippen molar-refractivity contribution in [1.29, 1.82) is 0 Å². The van der Waals surface area contributed by atoms with Crippen molar-refractivity contribution in [2.45, 2.75) is 51.4 Å². The van der Waals surface area contributed by atoms with Crippen molar-refractivity contribution in [3.63, 3.8) is 0 Å². The van der Waals surface area contributed by atoms with Gasteiger partial charge in [0, 0.05) is 59.7 Å². The average Bonchev–Trinajstić information content (AvgIpc) is 3.69. The fourth-order valence-corrected chi connectivity index (χ4v) is 7.94. The topological polar surface area (TPSA) is 68.9 Å². The van der Waals surface area contributed by atoms with E-state index in [-0.39, 0.29) is 6.61 Å². The molecule has 8 rings (SSSR count). The first-order chi connectivity index (χ1) is 26.3. The van der Waals surface area contributed by atoms with E-state index in [1.54, 1.807) is 29.2 Å². The second-order valence-corrected chi connectivity index (χ2v) is 15.0. The van der Waals surface area contributed by atoms with E-state index in [1.165, 1.54) is 30.2 Å². The van der Waals surface area contributed by atoms with Gasteiger partial charge in [-0.2, -0.15) is 0 Å². The highest BCUT2D eigenvalue weighted by Crippen LogP contribution is 2.29. The van der Waals surface area contributed by atoms with Crippen molar-refractivity contribution in [2.24, 2.45) is 14.1 Å². The van der Waals surface area contributed by atoms with Gasteiger partial charge in [-0.1, -0.05) is 66.0 Å². The maximum absolute atomic E-state index is 13.6. The summed E-state index contributed by atoms with van der Waals surface area (Å²) in [5.74, 6) is 0.623. The molecule has 0 bridgehead atoms. The second-order valence-electron chi connectivity index (χ2n) is 14.1. The maximum Gasteiger partial charge on any atom is 0.295 e. The molecular weight excluding hydrogens is 719 g/mol. The molecule has 0 aliphatic carbocycles. The van der Waals surface area contributed by atoms with Crippen LogP contribution in [-0.2, 0) is 32.1 Å². The van der Waals surface area contributed by atoms with Gasteiger partial charge in [0.1, 0.15) is 24.7 Å². The van der Waals surface area contributed by atoms with Crippen molar-refractivity contribution in [1.82, 2.24) is 18.9 Å². The molecule has 2 aliphatic heterocycles. The van der Waals surface area contributed by atoms with Gasteiger partial charge in [0.05, 0.1) is 17.0 Å². The van der Waals surface area contributed by atoms with Crippen LogP contribution in [0.3, 0.4) is 0 Å². The van der Waals surface area contributed by atoms with Gasteiger partial charge in [0.25, 0.3) is 11.7 Å². The number of aromatic nitrogens is 2. The Kier molecular flexibility index (Phi) is 11.9. The number of carbonyl (C=O) groups excluding carboxylic acids is 2. The molecule has 2 fully saturated rings. The van der Waals surface area contributed by atoms with Crippen LogP contribution in [0.1, 0.15) is 53.8 Å². The summed E-state index contributed by atoms with van der Waals surface area (Å²) < 4.78 is 15.9. The predicted molar refractivity (Wildman–Crippen MR) is 217 cm³/mol. The number of fused-ring (bicyclic) bond motifs is 2. The fraction of sp³-hybridized carbons (Fsp3) is 0.318. The van der Waals surface area contributed by atoms with Crippen LogP contribution < -0.4 is 9.47 Å². The first kappa shape index (κ1) is 37.6. The molecule has 1 amide bonds. The number of piperidine rings is 2. The van der Waals surface area contributed by atoms with Crippen LogP contribution in [0.15, 0.2) is 103 Å². The molecule has 8 nitrogen and oxygen atoms in total. The van der Waals surface area contributed by atoms with Crippen LogP contribution in [0.4, 0.5) is 0 Å². The molecule has 0 atom stereocenters. The minimum Gasteiger partial charge on any atom is -0.487 e. The van der Waals surface area contributed by atoms with Crippen LogP contribution in [0, 0.1) is 0 Å².